The molecule has 3 rings (SSSR count). The van der Waals surface area contributed by atoms with Crippen molar-refractivity contribution in [3.63, 3.8) is 0 Å². The van der Waals surface area contributed by atoms with E-state index < -0.39 is 23.7 Å². The highest BCUT2D eigenvalue weighted by atomic mass is 19.4. The number of carbonyl (C=O) groups is 2. The van der Waals surface area contributed by atoms with Crippen molar-refractivity contribution in [3.05, 3.63) is 71.9 Å². The monoisotopic (exact) mass is 445 g/mol. The van der Waals surface area contributed by atoms with Gasteiger partial charge >= 0.3 is 12.2 Å². The number of halogens is 3. The first-order valence-electron chi connectivity index (χ1n) is 9.20. The highest BCUT2D eigenvalue weighted by Crippen LogP contribution is 2.32. The average Bonchev–Trinajstić information content (AvgIpc) is 2.78. The van der Waals surface area contributed by atoms with E-state index in [0.717, 1.165) is 12.1 Å². The molecule has 10 heteroatoms. The predicted molar refractivity (Wildman–Crippen MR) is 111 cm³/mol. The van der Waals surface area contributed by atoms with Crippen LogP contribution in [-0.4, -0.2) is 31.1 Å². The van der Waals surface area contributed by atoms with Crippen molar-refractivity contribution in [2.24, 2.45) is 0 Å². The zero-order valence-electron chi connectivity index (χ0n) is 17.0. The molecule has 0 aliphatic rings. The molecular formula is C22H18F3N3O4. The Labute approximate surface area is 181 Å². The lowest BCUT2D eigenvalue weighted by molar-refractivity contribution is -0.137. The minimum Gasteiger partial charge on any atom is -0.496 e. The van der Waals surface area contributed by atoms with Gasteiger partial charge in [0.25, 0.3) is 5.91 Å². The fourth-order valence-corrected chi connectivity index (χ4v) is 2.90. The van der Waals surface area contributed by atoms with Gasteiger partial charge in [0, 0.05) is 5.56 Å². The van der Waals surface area contributed by atoms with Crippen LogP contribution in [0.5, 0.6) is 11.5 Å². The molecule has 1 aromatic heterocycles. The van der Waals surface area contributed by atoms with E-state index in [1.54, 1.807) is 18.2 Å². The van der Waals surface area contributed by atoms with E-state index in [1.165, 1.54) is 44.7 Å². The van der Waals surface area contributed by atoms with Crippen LogP contribution in [0, 0.1) is 0 Å². The third-order valence-corrected chi connectivity index (χ3v) is 4.39. The summed E-state index contributed by atoms with van der Waals surface area (Å²) in [5.41, 5.74) is 0.0542. The number of aromatic nitrogens is 1. The summed E-state index contributed by atoms with van der Waals surface area (Å²) in [6.45, 7) is 0. The van der Waals surface area contributed by atoms with Gasteiger partial charge in [-0.2, -0.15) is 13.2 Å². The Bertz CT molecular complexity index is 1110. The summed E-state index contributed by atoms with van der Waals surface area (Å²) in [7, 11) is 2.76. The summed E-state index contributed by atoms with van der Waals surface area (Å²) >= 11 is 0. The van der Waals surface area contributed by atoms with Crippen molar-refractivity contribution in [1.82, 2.24) is 10.3 Å². The van der Waals surface area contributed by atoms with Crippen LogP contribution in [0.3, 0.4) is 0 Å². The van der Waals surface area contributed by atoms with E-state index in [4.69, 9.17) is 9.47 Å². The first-order chi connectivity index (χ1) is 15.2. The van der Waals surface area contributed by atoms with Crippen LogP contribution >= 0.6 is 0 Å². The van der Waals surface area contributed by atoms with Gasteiger partial charge in [-0.15, -0.1) is 0 Å². The number of hydrogen-bond donors (Lipinski definition) is 2. The first-order valence-corrected chi connectivity index (χ1v) is 9.20. The van der Waals surface area contributed by atoms with Crippen LogP contribution in [0.1, 0.15) is 15.9 Å². The molecule has 0 fully saturated rings. The molecule has 0 aliphatic carbocycles. The third kappa shape index (κ3) is 5.15. The summed E-state index contributed by atoms with van der Waals surface area (Å²) < 4.78 is 49.0. The molecular weight excluding hydrogens is 427 g/mol. The molecule has 0 unspecified atom stereocenters. The second kappa shape index (κ2) is 9.38. The van der Waals surface area contributed by atoms with Crippen LogP contribution in [0.2, 0.25) is 0 Å². The van der Waals surface area contributed by atoms with Crippen LogP contribution in [0.15, 0.2) is 60.8 Å². The highest BCUT2D eigenvalue weighted by Gasteiger charge is 2.30. The zero-order valence-corrected chi connectivity index (χ0v) is 17.0. The number of urea groups is 1. The number of ether oxygens (including phenoxy) is 2. The number of methoxy groups -OCH3 is 2. The third-order valence-electron chi connectivity index (χ3n) is 4.39. The molecule has 3 aromatic rings. The number of benzene rings is 2. The summed E-state index contributed by atoms with van der Waals surface area (Å²) in [6, 6.07) is 11.5. The Morgan fingerprint density at radius 3 is 2.16 bits per heavy atom. The van der Waals surface area contributed by atoms with Gasteiger partial charge in [0.1, 0.15) is 17.1 Å². The molecule has 1 heterocycles. The molecule has 0 spiro atoms. The molecule has 2 aromatic carbocycles. The number of carbonyl (C=O) groups excluding carboxylic acids is 2. The fourth-order valence-electron chi connectivity index (χ4n) is 2.90. The molecule has 3 amide bonds. The smallest absolute Gasteiger partial charge is 0.416 e. The molecule has 166 valence electrons. The number of alkyl halides is 3. The Balaban J connectivity index is 1.70. The van der Waals surface area contributed by atoms with Crippen molar-refractivity contribution in [1.29, 1.82) is 0 Å². The van der Waals surface area contributed by atoms with Crippen LogP contribution in [0.25, 0.3) is 11.3 Å². The van der Waals surface area contributed by atoms with Crippen molar-refractivity contribution in [2.45, 2.75) is 6.18 Å². The minimum absolute atomic E-state index is 0.0469. The van der Waals surface area contributed by atoms with Crippen LogP contribution in [-0.2, 0) is 6.18 Å². The maximum atomic E-state index is 12.9. The standard InChI is InChI=1S/C22H18F3N3O4/c1-31-17-7-4-8-18(32-2)19(17)20(29)28-21(30)27-15-9-10-16(26-12-15)13-5-3-6-14(11-13)22(23,24)25/h3-12H,1-2H3,(H2,27,28,29,30). The molecule has 0 saturated carbocycles. The molecule has 32 heavy (non-hydrogen) atoms. The van der Waals surface area contributed by atoms with Gasteiger partial charge in [-0.1, -0.05) is 18.2 Å². The average molecular weight is 445 g/mol. The lowest BCUT2D eigenvalue weighted by Crippen LogP contribution is -2.34. The minimum atomic E-state index is -4.47. The molecule has 0 bridgehead atoms. The van der Waals surface area contributed by atoms with Crippen LogP contribution < -0.4 is 20.1 Å². The predicted octanol–water partition coefficient (Wildman–Crippen LogP) is 4.75. The summed E-state index contributed by atoms with van der Waals surface area (Å²) in [5, 5.41) is 4.60. The number of imide groups is 1. The van der Waals surface area contributed by atoms with Gasteiger partial charge in [-0.25, -0.2) is 4.79 Å². The van der Waals surface area contributed by atoms with E-state index in [9.17, 15) is 22.8 Å². The lowest BCUT2D eigenvalue weighted by atomic mass is 10.1. The highest BCUT2D eigenvalue weighted by molar-refractivity contribution is 6.10. The largest absolute Gasteiger partial charge is 0.496 e. The normalized spacial score (nSPS) is 10.9. The number of amides is 3. The number of pyridine rings is 1. The van der Waals surface area contributed by atoms with Crippen molar-refractivity contribution >= 4 is 17.6 Å². The number of nitrogens with one attached hydrogen (secondary N) is 2. The van der Waals surface area contributed by atoms with Gasteiger partial charge in [0.05, 0.1) is 37.4 Å². The Kier molecular flexibility index (Phi) is 6.62. The summed E-state index contributed by atoms with van der Waals surface area (Å²) in [4.78, 5) is 28.8. The summed E-state index contributed by atoms with van der Waals surface area (Å²) in [5.74, 6) is -0.297. The van der Waals surface area contributed by atoms with E-state index in [-0.39, 0.29) is 34.0 Å². The zero-order chi connectivity index (χ0) is 23.3. The van der Waals surface area contributed by atoms with E-state index in [1.807, 2.05) is 0 Å². The molecule has 0 radical (unpaired) electrons. The topological polar surface area (TPSA) is 89.5 Å². The fraction of sp³-hybridized carbons (Fsp3) is 0.136. The number of nitrogens with zero attached hydrogens (tertiary/aromatic N) is 1. The van der Waals surface area contributed by atoms with Crippen molar-refractivity contribution < 1.29 is 32.2 Å². The maximum Gasteiger partial charge on any atom is 0.416 e. The molecule has 0 saturated heterocycles. The van der Waals surface area contributed by atoms with Gasteiger partial charge < -0.3 is 14.8 Å². The summed E-state index contributed by atoms with van der Waals surface area (Å²) in [6.07, 6.45) is -3.20. The second-order valence-corrected chi connectivity index (χ2v) is 6.46. The molecule has 0 atom stereocenters. The van der Waals surface area contributed by atoms with Crippen molar-refractivity contribution in [3.8, 4) is 22.8 Å². The Morgan fingerprint density at radius 1 is 0.938 bits per heavy atom. The Hall–Kier alpha value is -4.08. The molecule has 2 N–H and O–H groups in total. The van der Waals surface area contributed by atoms with Gasteiger partial charge in [-0.3, -0.25) is 15.1 Å². The second-order valence-electron chi connectivity index (χ2n) is 6.46. The van der Waals surface area contributed by atoms with E-state index in [0.29, 0.717) is 0 Å². The van der Waals surface area contributed by atoms with Gasteiger partial charge in [0.2, 0.25) is 0 Å². The number of anilines is 1. The van der Waals surface area contributed by atoms with E-state index >= 15 is 0 Å². The van der Waals surface area contributed by atoms with Crippen LogP contribution in [0.4, 0.5) is 23.7 Å². The first kappa shape index (κ1) is 22.6. The van der Waals surface area contributed by atoms with Crippen molar-refractivity contribution in [2.75, 3.05) is 19.5 Å². The van der Waals surface area contributed by atoms with Gasteiger partial charge in [0.15, 0.2) is 0 Å². The number of rotatable bonds is 5. The quantitative estimate of drug-likeness (QED) is 0.592. The maximum absolute atomic E-state index is 12.9. The lowest BCUT2D eigenvalue weighted by Gasteiger charge is -2.13. The number of hydrogen-bond acceptors (Lipinski definition) is 5. The van der Waals surface area contributed by atoms with Gasteiger partial charge in [-0.05, 0) is 36.4 Å². The molecule has 7 nitrogen and oxygen atoms in total. The van der Waals surface area contributed by atoms with E-state index in [2.05, 4.69) is 15.6 Å². The Morgan fingerprint density at radius 2 is 1.59 bits per heavy atom. The molecule has 0 aliphatic heterocycles. The SMILES string of the molecule is COc1cccc(OC)c1C(=O)NC(=O)Nc1ccc(-c2cccc(C(F)(F)F)c2)nc1.